The number of hydrogen-bond acceptors (Lipinski definition) is 8. The quantitative estimate of drug-likeness (QED) is 0.545. The molecule has 0 aliphatic heterocycles. The van der Waals surface area contributed by atoms with Crippen LogP contribution in [-0.4, -0.2) is 30.0 Å². The van der Waals surface area contributed by atoms with Crippen LogP contribution in [0.25, 0.3) is 0 Å². The van der Waals surface area contributed by atoms with Crippen LogP contribution >= 0.6 is 11.3 Å². The van der Waals surface area contributed by atoms with Crippen molar-refractivity contribution in [2.45, 2.75) is 18.1 Å². The van der Waals surface area contributed by atoms with Gasteiger partial charge in [0.25, 0.3) is 15.2 Å². The van der Waals surface area contributed by atoms with Gasteiger partial charge in [-0.15, -0.1) is 5.10 Å². The van der Waals surface area contributed by atoms with Gasteiger partial charge in [-0.1, -0.05) is 5.10 Å². The predicted molar refractivity (Wildman–Crippen MR) is 73.9 cm³/mol. The second kappa shape index (κ2) is 5.61. The third kappa shape index (κ3) is 3.56. The number of nitrogen functional groups attached to an aromatic ring is 1. The molecule has 0 bridgehead atoms. The maximum Gasteiger partial charge on any atom is 0.298 e. The van der Waals surface area contributed by atoms with Crippen LogP contribution in [0.3, 0.4) is 0 Å². The number of nitrogens with one attached hydrogen (secondary N) is 1. The minimum Gasteiger partial charge on any atom is -0.439 e. The average molecular weight is 316 g/mol. The Labute approximate surface area is 119 Å². The fourth-order valence-corrected chi connectivity index (χ4v) is 3.16. The van der Waals surface area contributed by atoms with Crippen molar-refractivity contribution >= 4 is 32.2 Å². The number of aliphatic hydroxyl groups is 1. The molecule has 0 amide bonds. The summed E-state index contributed by atoms with van der Waals surface area (Å²) in [6.45, 7) is 1.40. The first-order valence-corrected chi connectivity index (χ1v) is 7.73. The van der Waals surface area contributed by atoms with E-state index in [0.29, 0.717) is 5.69 Å². The van der Waals surface area contributed by atoms with E-state index in [1.807, 2.05) is 0 Å². The highest BCUT2D eigenvalue weighted by Gasteiger charge is 2.17. The van der Waals surface area contributed by atoms with Gasteiger partial charge < -0.3 is 15.6 Å². The van der Waals surface area contributed by atoms with E-state index in [-0.39, 0.29) is 15.2 Å². The summed E-state index contributed by atoms with van der Waals surface area (Å²) in [6, 6.07) is 5.73. The zero-order valence-electron chi connectivity index (χ0n) is 10.3. The van der Waals surface area contributed by atoms with Gasteiger partial charge in [0, 0.05) is 5.69 Å². The molecular weight excluding hydrogens is 304 g/mol. The van der Waals surface area contributed by atoms with Crippen molar-refractivity contribution in [2.75, 3.05) is 10.5 Å². The molecule has 1 atom stereocenters. The number of nitrogens with two attached hydrogens (primary N) is 1. The van der Waals surface area contributed by atoms with E-state index in [4.69, 9.17) is 15.6 Å². The van der Waals surface area contributed by atoms with E-state index in [9.17, 15) is 8.42 Å². The van der Waals surface area contributed by atoms with Gasteiger partial charge in [-0.2, -0.15) is 0 Å². The number of aromatic nitrogens is 2. The van der Waals surface area contributed by atoms with Gasteiger partial charge in [0.15, 0.2) is 6.29 Å². The van der Waals surface area contributed by atoms with Crippen LogP contribution in [0.2, 0.25) is 0 Å². The number of nitrogens with zero attached hydrogens (tertiary/aromatic N) is 2. The summed E-state index contributed by atoms with van der Waals surface area (Å²) in [6.07, 6.45) is -1.05. The molecule has 2 aromatic rings. The van der Waals surface area contributed by atoms with E-state index in [0.717, 1.165) is 11.3 Å². The molecule has 0 aliphatic carbocycles. The minimum absolute atomic E-state index is 0.0393. The minimum atomic E-state index is -3.76. The highest BCUT2D eigenvalue weighted by Crippen LogP contribution is 2.25. The Morgan fingerprint density at radius 1 is 1.35 bits per heavy atom. The van der Waals surface area contributed by atoms with Gasteiger partial charge in [-0.05, 0) is 42.5 Å². The maximum absolute atomic E-state index is 12.0. The number of benzene rings is 1. The molecule has 2 rings (SSSR count). The molecule has 0 spiro atoms. The van der Waals surface area contributed by atoms with Crippen molar-refractivity contribution in [3.05, 3.63) is 24.3 Å². The van der Waals surface area contributed by atoms with E-state index in [1.54, 1.807) is 0 Å². The number of ether oxygens (including phenoxy) is 1. The van der Waals surface area contributed by atoms with Gasteiger partial charge in [0.2, 0.25) is 5.13 Å². The highest BCUT2D eigenvalue weighted by atomic mass is 32.2. The van der Waals surface area contributed by atoms with E-state index < -0.39 is 16.3 Å². The predicted octanol–water partition coefficient (Wildman–Crippen LogP) is 0.638. The van der Waals surface area contributed by atoms with Crippen LogP contribution in [0, 0.1) is 0 Å². The third-order valence-corrected chi connectivity index (χ3v) is 4.30. The fraction of sp³-hybridized carbons (Fsp3) is 0.200. The van der Waals surface area contributed by atoms with Gasteiger partial charge in [0.1, 0.15) is 0 Å². The van der Waals surface area contributed by atoms with Crippen LogP contribution < -0.4 is 15.2 Å². The SMILES string of the molecule is CC(O)Oc1nnc(NS(=O)(=O)c2ccc(N)cc2)s1. The third-order valence-electron chi connectivity index (χ3n) is 2.09. The van der Waals surface area contributed by atoms with Crippen molar-refractivity contribution in [1.82, 2.24) is 10.2 Å². The van der Waals surface area contributed by atoms with E-state index in [1.165, 1.54) is 31.2 Å². The van der Waals surface area contributed by atoms with E-state index in [2.05, 4.69) is 14.9 Å². The average Bonchev–Trinajstić information content (AvgIpc) is 2.75. The lowest BCUT2D eigenvalue weighted by atomic mass is 10.3. The molecule has 1 aromatic carbocycles. The van der Waals surface area contributed by atoms with Crippen molar-refractivity contribution in [3.8, 4) is 5.19 Å². The molecule has 1 heterocycles. The van der Waals surface area contributed by atoms with Crippen LogP contribution in [0.15, 0.2) is 29.2 Å². The summed E-state index contributed by atoms with van der Waals surface area (Å²) in [5.74, 6) is 0. The van der Waals surface area contributed by atoms with Crippen molar-refractivity contribution in [2.24, 2.45) is 0 Å². The number of sulfonamides is 1. The lowest BCUT2D eigenvalue weighted by Crippen LogP contribution is -2.12. The molecule has 0 aliphatic rings. The molecule has 20 heavy (non-hydrogen) atoms. The Morgan fingerprint density at radius 2 is 2.00 bits per heavy atom. The topological polar surface area (TPSA) is 127 Å². The molecule has 4 N–H and O–H groups in total. The molecule has 0 fully saturated rings. The summed E-state index contributed by atoms with van der Waals surface area (Å²) in [5.41, 5.74) is 5.96. The Balaban J connectivity index is 2.16. The Hall–Kier alpha value is -1.91. The molecule has 10 heteroatoms. The van der Waals surface area contributed by atoms with Crippen LogP contribution in [0.4, 0.5) is 10.8 Å². The standard InChI is InChI=1S/C10H12N4O4S2/c1-6(15)18-10-13-12-9(19-10)14-20(16,17)8-4-2-7(11)3-5-8/h2-6,15H,11H2,1H3,(H,12,14). The lowest BCUT2D eigenvalue weighted by molar-refractivity contribution is -0.000941. The first-order valence-electron chi connectivity index (χ1n) is 5.43. The number of hydrogen-bond donors (Lipinski definition) is 3. The molecule has 108 valence electrons. The summed E-state index contributed by atoms with van der Waals surface area (Å²) in [4.78, 5) is 0.0555. The summed E-state index contributed by atoms with van der Waals surface area (Å²) in [7, 11) is -3.76. The molecule has 0 radical (unpaired) electrons. The molecule has 1 aromatic heterocycles. The van der Waals surface area contributed by atoms with Gasteiger partial charge in [-0.3, -0.25) is 4.72 Å². The van der Waals surface area contributed by atoms with Gasteiger partial charge in [0.05, 0.1) is 4.90 Å². The van der Waals surface area contributed by atoms with Crippen molar-refractivity contribution in [1.29, 1.82) is 0 Å². The second-order valence-corrected chi connectivity index (χ2v) is 6.39. The Bertz CT molecular complexity index is 682. The molecule has 0 saturated carbocycles. The number of rotatable bonds is 5. The largest absolute Gasteiger partial charge is 0.439 e. The first-order chi connectivity index (χ1) is 9.37. The maximum atomic E-state index is 12.0. The molecule has 8 nitrogen and oxygen atoms in total. The van der Waals surface area contributed by atoms with Crippen LogP contribution in [0.5, 0.6) is 5.19 Å². The highest BCUT2D eigenvalue weighted by molar-refractivity contribution is 7.93. The second-order valence-electron chi connectivity index (χ2n) is 3.76. The Morgan fingerprint density at radius 3 is 2.60 bits per heavy atom. The molecular formula is C10H12N4O4S2. The monoisotopic (exact) mass is 316 g/mol. The summed E-state index contributed by atoms with van der Waals surface area (Å²) < 4.78 is 31.2. The van der Waals surface area contributed by atoms with Crippen molar-refractivity contribution < 1.29 is 18.3 Å². The van der Waals surface area contributed by atoms with Crippen LogP contribution in [0.1, 0.15) is 6.92 Å². The fourth-order valence-electron chi connectivity index (χ4n) is 1.27. The van der Waals surface area contributed by atoms with E-state index >= 15 is 0 Å². The van der Waals surface area contributed by atoms with Gasteiger partial charge in [-0.25, -0.2) is 8.42 Å². The molecule has 0 saturated heterocycles. The number of anilines is 2. The first kappa shape index (κ1) is 14.5. The summed E-state index contributed by atoms with van der Waals surface area (Å²) in [5, 5.41) is 16.3. The smallest absolute Gasteiger partial charge is 0.298 e. The zero-order chi connectivity index (χ0) is 14.8. The number of aliphatic hydroxyl groups excluding tert-OH is 1. The summed E-state index contributed by atoms with van der Waals surface area (Å²) >= 11 is 0.866. The van der Waals surface area contributed by atoms with Crippen LogP contribution in [-0.2, 0) is 10.0 Å². The lowest BCUT2D eigenvalue weighted by Gasteiger charge is -2.04. The normalized spacial score (nSPS) is 12.9. The molecule has 1 unspecified atom stereocenters. The Kier molecular flexibility index (Phi) is 4.06. The van der Waals surface area contributed by atoms with Gasteiger partial charge >= 0.3 is 0 Å². The van der Waals surface area contributed by atoms with Crippen molar-refractivity contribution in [3.63, 3.8) is 0 Å². The zero-order valence-corrected chi connectivity index (χ0v) is 12.0.